The first-order chi connectivity index (χ1) is 9.10. The fraction of sp³-hybridized carbons (Fsp3) is 0.562. The van der Waals surface area contributed by atoms with Crippen LogP contribution in [0.2, 0.25) is 0 Å². The van der Waals surface area contributed by atoms with E-state index in [2.05, 4.69) is 6.07 Å². The molecular weight excluding hydrogens is 251 g/mol. The van der Waals surface area contributed by atoms with Crippen LogP contribution in [0.3, 0.4) is 0 Å². The van der Waals surface area contributed by atoms with Crippen LogP contribution >= 0.6 is 0 Å². The Bertz CT molecular complexity index is 519. The highest BCUT2D eigenvalue weighted by atomic mass is 16.7. The number of carbonyl (C=O) groups excluding carboxylic acids is 1. The van der Waals surface area contributed by atoms with Gasteiger partial charge in [-0.25, -0.2) is 0 Å². The van der Waals surface area contributed by atoms with Crippen molar-refractivity contribution in [1.82, 2.24) is 0 Å². The SMILES string of the molecule is CC(=O)Cc1cc(C)cc(B2OC(C)(C)C(C)(C)O2)c1. The third-order valence-electron chi connectivity index (χ3n) is 4.14. The molecule has 0 aliphatic carbocycles. The van der Waals surface area contributed by atoms with Crippen molar-refractivity contribution in [3.8, 4) is 0 Å². The second-order valence-corrected chi connectivity index (χ2v) is 6.72. The maximum atomic E-state index is 11.3. The lowest BCUT2D eigenvalue weighted by molar-refractivity contribution is -0.116. The second kappa shape index (κ2) is 5.01. The molecule has 0 unspecified atom stereocenters. The van der Waals surface area contributed by atoms with E-state index in [-0.39, 0.29) is 24.1 Å². The topological polar surface area (TPSA) is 35.5 Å². The minimum atomic E-state index is -0.370. The highest BCUT2D eigenvalue weighted by Crippen LogP contribution is 2.36. The van der Waals surface area contributed by atoms with Gasteiger partial charge in [-0.15, -0.1) is 0 Å². The molecule has 0 radical (unpaired) electrons. The van der Waals surface area contributed by atoms with E-state index < -0.39 is 0 Å². The minimum Gasteiger partial charge on any atom is -0.399 e. The van der Waals surface area contributed by atoms with Crippen LogP contribution in [0.5, 0.6) is 0 Å². The molecule has 0 amide bonds. The average Bonchev–Trinajstić information content (AvgIpc) is 2.46. The molecule has 20 heavy (non-hydrogen) atoms. The van der Waals surface area contributed by atoms with E-state index in [0.29, 0.717) is 6.42 Å². The van der Waals surface area contributed by atoms with Crippen molar-refractivity contribution < 1.29 is 14.1 Å². The smallest absolute Gasteiger partial charge is 0.399 e. The molecule has 3 nitrogen and oxygen atoms in total. The molecule has 0 bridgehead atoms. The number of aryl methyl sites for hydroxylation is 1. The van der Waals surface area contributed by atoms with Crippen molar-refractivity contribution in [2.45, 2.75) is 59.2 Å². The molecule has 1 aromatic carbocycles. The Kier molecular flexibility index (Phi) is 3.82. The van der Waals surface area contributed by atoms with E-state index in [1.54, 1.807) is 6.92 Å². The monoisotopic (exact) mass is 274 g/mol. The number of hydrogen-bond donors (Lipinski definition) is 0. The number of Topliss-reactive ketones (excluding diaryl/α,β-unsaturated/α-hetero) is 1. The van der Waals surface area contributed by atoms with Crippen LogP contribution in [0.1, 0.15) is 45.7 Å². The first kappa shape index (κ1) is 15.3. The van der Waals surface area contributed by atoms with Crippen LogP contribution in [0.25, 0.3) is 0 Å². The first-order valence-corrected chi connectivity index (χ1v) is 7.06. The zero-order chi connectivity index (χ0) is 15.1. The van der Waals surface area contributed by atoms with Crippen LogP contribution in [-0.4, -0.2) is 24.1 Å². The zero-order valence-corrected chi connectivity index (χ0v) is 13.2. The van der Waals surface area contributed by atoms with Gasteiger partial charge >= 0.3 is 7.12 Å². The van der Waals surface area contributed by atoms with Crippen LogP contribution in [0.15, 0.2) is 18.2 Å². The van der Waals surface area contributed by atoms with Gasteiger partial charge in [-0.1, -0.05) is 23.8 Å². The lowest BCUT2D eigenvalue weighted by atomic mass is 9.77. The Morgan fingerprint density at radius 2 is 1.65 bits per heavy atom. The highest BCUT2D eigenvalue weighted by Gasteiger charge is 2.51. The van der Waals surface area contributed by atoms with Crippen LogP contribution < -0.4 is 5.46 Å². The fourth-order valence-corrected chi connectivity index (χ4v) is 2.40. The van der Waals surface area contributed by atoms with Crippen LogP contribution in [-0.2, 0) is 20.5 Å². The summed E-state index contributed by atoms with van der Waals surface area (Å²) in [5.74, 6) is 0.162. The first-order valence-electron chi connectivity index (χ1n) is 7.06. The van der Waals surface area contributed by atoms with Gasteiger partial charge in [-0.05, 0) is 52.6 Å². The van der Waals surface area contributed by atoms with Gasteiger partial charge in [0, 0.05) is 6.42 Å². The molecule has 0 atom stereocenters. The highest BCUT2D eigenvalue weighted by molar-refractivity contribution is 6.62. The molecule has 1 aliphatic rings. The van der Waals surface area contributed by atoms with Crippen molar-refractivity contribution in [1.29, 1.82) is 0 Å². The van der Waals surface area contributed by atoms with Crippen molar-refractivity contribution in [2.75, 3.05) is 0 Å². The standard InChI is InChI=1S/C16H23BO3/c1-11-7-13(9-12(2)18)10-14(8-11)17-19-15(3,4)16(5,6)20-17/h7-8,10H,9H2,1-6H3. The van der Waals surface area contributed by atoms with E-state index in [1.807, 2.05) is 46.8 Å². The summed E-state index contributed by atoms with van der Waals surface area (Å²) in [6, 6.07) is 6.11. The van der Waals surface area contributed by atoms with Gasteiger partial charge in [0.15, 0.2) is 0 Å². The molecule has 4 heteroatoms. The summed E-state index contributed by atoms with van der Waals surface area (Å²) < 4.78 is 12.1. The lowest BCUT2D eigenvalue weighted by Gasteiger charge is -2.32. The van der Waals surface area contributed by atoms with Gasteiger partial charge in [0.25, 0.3) is 0 Å². The van der Waals surface area contributed by atoms with E-state index >= 15 is 0 Å². The maximum Gasteiger partial charge on any atom is 0.494 e. The van der Waals surface area contributed by atoms with Crippen LogP contribution in [0.4, 0.5) is 0 Å². The summed E-state index contributed by atoms with van der Waals surface area (Å²) in [5.41, 5.74) is 2.43. The molecule has 1 aliphatic heterocycles. The van der Waals surface area contributed by atoms with Gasteiger partial charge in [0.1, 0.15) is 5.78 Å². The lowest BCUT2D eigenvalue weighted by Crippen LogP contribution is -2.41. The van der Waals surface area contributed by atoms with Crippen molar-refractivity contribution in [3.63, 3.8) is 0 Å². The van der Waals surface area contributed by atoms with Crippen molar-refractivity contribution in [3.05, 3.63) is 29.3 Å². The predicted octanol–water partition coefficient (Wildman–Crippen LogP) is 2.43. The predicted molar refractivity (Wildman–Crippen MR) is 81.3 cm³/mol. The Morgan fingerprint density at radius 3 is 2.15 bits per heavy atom. The Labute approximate surface area is 121 Å². The van der Waals surface area contributed by atoms with Gasteiger partial charge in [0.2, 0.25) is 0 Å². The van der Waals surface area contributed by atoms with E-state index in [0.717, 1.165) is 16.6 Å². The molecule has 108 valence electrons. The number of ketones is 1. The number of rotatable bonds is 3. The summed E-state index contributed by atoms with van der Waals surface area (Å²) in [5, 5.41) is 0. The van der Waals surface area contributed by atoms with Gasteiger partial charge in [-0.3, -0.25) is 4.79 Å². The minimum absolute atomic E-state index is 0.162. The molecule has 0 spiro atoms. The second-order valence-electron chi connectivity index (χ2n) is 6.72. The summed E-state index contributed by atoms with van der Waals surface area (Å²) in [7, 11) is -0.370. The molecule has 1 heterocycles. The summed E-state index contributed by atoms with van der Waals surface area (Å²) >= 11 is 0. The Hall–Kier alpha value is -1.13. The van der Waals surface area contributed by atoms with Gasteiger partial charge in [0.05, 0.1) is 11.2 Å². The number of carbonyl (C=O) groups is 1. The van der Waals surface area contributed by atoms with Gasteiger partial charge in [-0.2, -0.15) is 0 Å². The fourth-order valence-electron chi connectivity index (χ4n) is 2.40. The molecule has 1 saturated heterocycles. The zero-order valence-electron chi connectivity index (χ0n) is 13.2. The van der Waals surface area contributed by atoms with Gasteiger partial charge < -0.3 is 9.31 Å². The average molecular weight is 274 g/mol. The largest absolute Gasteiger partial charge is 0.494 e. The number of hydrogen-bond acceptors (Lipinski definition) is 3. The summed E-state index contributed by atoms with van der Waals surface area (Å²) in [6.07, 6.45) is 0.453. The summed E-state index contributed by atoms with van der Waals surface area (Å²) in [6.45, 7) is 11.8. The quantitative estimate of drug-likeness (QED) is 0.794. The maximum absolute atomic E-state index is 11.3. The molecule has 0 N–H and O–H groups in total. The molecule has 0 aromatic heterocycles. The third-order valence-corrected chi connectivity index (χ3v) is 4.14. The van der Waals surface area contributed by atoms with Crippen LogP contribution in [0, 0.1) is 6.92 Å². The normalized spacial score (nSPS) is 20.2. The molecule has 2 rings (SSSR count). The van der Waals surface area contributed by atoms with Crippen molar-refractivity contribution in [2.24, 2.45) is 0 Å². The molecule has 0 saturated carbocycles. The molecule has 1 fully saturated rings. The van der Waals surface area contributed by atoms with E-state index in [4.69, 9.17) is 9.31 Å². The molecule has 1 aromatic rings. The third kappa shape index (κ3) is 2.96. The Balaban J connectivity index is 2.30. The van der Waals surface area contributed by atoms with E-state index in [9.17, 15) is 4.79 Å². The molecular formula is C16H23BO3. The van der Waals surface area contributed by atoms with E-state index in [1.165, 1.54) is 0 Å². The summed E-state index contributed by atoms with van der Waals surface area (Å²) in [4.78, 5) is 11.3. The number of benzene rings is 1. The van der Waals surface area contributed by atoms with Crippen molar-refractivity contribution >= 4 is 18.4 Å². The Morgan fingerprint density at radius 1 is 1.10 bits per heavy atom.